The summed E-state index contributed by atoms with van der Waals surface area (Å²) in [6, 6.07) is 11.6. The molecule has 0 saturated heterocycles. The molecular weight excluding hydrogens is 141 g/mol. The largest absolute Gasteiger partial charge is 1.00 e. The summed E-state index contributed by atoms with van der Waals surface area (Å²) in [6.45, 7) is 4.25. The van der Waals surface area contributed by atoms with E-state index in [1.165, 1.54) is 0 Å². The van der Waals surface area contributed by atoms with E-state index in [0.717, 1.165) is 5.69 Å². The molecule has 1 rings (SSSR count). The van der Waals surface area contributed by atoms with Gasteiger partial charge in [0.2, 0.25) is 0 Å². The zero-order chi connectivity index (χ0) is 8.10. The molecule has 1 aromatic carbocycles. The van der Waals surface area contributed by atoms with Crippen LogP contribution in [0.1, 0.15) is 0 Å². The number of hydrogen-bond acceptors (Lipinski definition) is 1. The van der Waals surface area contributed by atoms with Crippen LogP contribution in [-0.2, 0) is 0 Å². The van der Waals surface area contributed by atoms with Gasteiger partial charge < -0.3 is 11.0 Å². The van der Waals surface area contributed by atoms with Crippen LogP contribution >= 0.6 is 0 Å². The molecule has 0 unspecified atom stereocenters. The van der Waals surface area contributed by atoms with E-state index in [2.05, 4.69) is 24.8 Å². The standard InChI is InChI=1S/C10H10N.Li/c1-3-9-11(2)10-7-5-4-6-8-10;/h4-5,7H,1,9H2,2H3;/q-1;+1. The second-order valence-corrected chi connectivity index (χ2v) is 2.29. The van der Waals surface area contributed by atoms with E-state index in [4.69, 9.17) is 0 Å². The van der Waals surface area contributed by atoms with Crippen molar-refractivity contribution in [3.05, 3.63) is 43.0 Å². The van der Waals surface area contributed by atoms with Gasteiger partial charge in [-0.15, -0.1) is 6.54 Å². The molecule has 1 aromatic rings. The van der Waals surface area contributed by atoms with Crippen molar-refractivity contribution in [3.8, 4) is 0 Å². The monoisotopic (exact) mass is 151 g/mol. The van der Waals surface area contributed by atoms with Gasteiger partial charge in [0.15, 0.2) is 0 Å². The first-order chi connectivity index (χ1) is 5.34. The summed E-state index contributed by atoms with van der Waals surface area (Å²) in [4.78, 5) is 2.00. The number of hydrogen-bond donors (Lipinski definition) is 0. The van der Waals surface area contributed by atoms with Crippen molar-refractivity contribution in [2.45, 2.75) is 0 Å². The number of nitrogens with zero attached hydrogens (tertiary/aromatic N) is 1. The molecule has 0 radical (unpaired) electrons. The average molecular weight is 151 g/mol. The van der Waals surface area contributed by atoms with Crippen LogP contribution in [0.3, 0.4) is 0 Å². The topological polar surface area (TPSA) is 3.24 Å². The Hall–Kier alpha value is -0.823. The number of rotatable bonds is 3. The Morgan fingerprint density at radius 2 is 2.42 bits per heavy atom. The Labute approximate surface area is 86.3 Å². The van der Waals surface area contributed by atoms with Crippen LogP contribution in [0.2, 0.25) is 0 Å². The van der Waals surface area contributed by atoms with Crippen molar-refractivity contribution in [1.82, 2.24) is 0 Å². The number of likely N-dealkylation sites (N-methyl/N-ethyl adjacent to an activating group) is 1. The molecule has 1 nitrogen and oxygen atoms in total. The van der Waals surface area contributed by atoms with Crippen molar-refractivity contribution in [1.29, 1.82) is 0 Å². The maximum absolute atomic E-state index is 3.54. The van der Waals surface area contributed by atoms with E-state index >= 15 is 0 Å². The van der Waals surface area contributed by atoms with E-state index in [-0.39, 0.29) is 18.9 Å². The summed E-state index contributed by atoms with van der Waals surface area (Å²) in [5.41, 5.74) is 1.02. The molecule has 0 N–H and O–H groups in total. The molecule has 0 aliphatic rings. The fourth-order valence-corrected chi connectivity index (χ4v) is 0.820. The van der Waals surface area contributed by atoms with Gasteiger partial charge in [0.1, 0.15) is 0 Å². The third-order valence-corrected chi connectivity index (χ3v) is 1.39. The average Bonchev–Trinajstić information content (AvgIpc) is 2.07. The molecule has 0 saturated carbocycles. The SMILES string of the molecule is C=[C-]CN(C)c1c#cccc1.[Li+]. The van der Waals surface area contributed by atoms with Crippen LogP contribution in [0.4, 0.5) is 5.69 Å². The van der Waals surface area contributed by atoms with Gasteiger partial charge in [0, 0.05) is 7.05 Å². The zero-order valence-corrected chi connectivity index (χ0v) is 7.59. The minimum atomic E-state index is 0. The summed E-state index contributed by atoms with van der Waals surface area (Å²) in [6.07, 6.45) is 2.81. The predicted octanol–water partition coefficient (Wildman–Crippen LogP) is -1.28. The number of anilines is 1. The van der Waals surface area contributed by atoms with Gasteiger partial charge in [-0.1, -0.05) is 12.1 Å². The molecule has 12 heavy (non-hydrogen) atoms. The molecule has 0 aromatic heterocycles. The maximum Gasteiger partial charge on any atom is 1.00 e. The van der Waals surface area contributed by atoms with Gasteiger partial charge in [0.05, 0.1) is 5.69 Å². The first-order valence-corrected chi connectivity index (χ1v) is 3.44. The van der Waals surface area contributed by atoms with Gasteiger partial charge >= 0.3 is 18.9 Å². The van der Waals surface area contributed by atoms with Crippen LogP contribution in [0, 0.1) is 18.2 Å². The van der Waals surface area contributed by atoms with E-state index in [1.807, 2.05) is 30.1 Å². The molecule has 0 atom stereocenters. The second-order valence-electron chi connectivity index (χ2n) is 2.29. The Morgan fingerprint density at radius 1 is 1.67 bits per heavy atom. The quantitative estimate of drug-likeness (QED) is 0.384. The first-order valence-electron chi connectivity index (χ1n) is 3.44. The van der Waals surface area contributed by atoms with E-state index in [0.29, 0.717) is 6.54 Å². The Morgan fingerprint density at radius 3 is 2.92 bits per heavy atom. The molecule has 0 bridgehead atoms. The van der Waals surface area contributed by atoms with Crippen LogP contribution in [0.5, 0.6) is 0 Å². The molecule has 0 amide bonds. The Bertz CT molecular complexity index is 221. The van der Waals surface area contributed by atoms with E-state index in [1.54, 1.807) is 0 Å². The summed E-state index contributed by atoms with van der Waals surface area (Å²) in [5.74, 6) is 0. The third kappa shape index (κ3) is 3.05. The van der Waals surface area contributed by atoms with Gasteiger partial charge in [0.25, 0.3) is 0 Å². The summed E-state index contributed by atoms with van der Waals surface area (Å²) < 4.78 is 0. The van der Waals surface area contributed by atoms with E-state index in [9.17, 15) is 0 Å². The molecule has 0 heterocycles. The van der Waals surface area contributed by atoms with Crippen LogP contribution in [0.15, 0.2) is 24.8 Å². The van der Waals surface area contributed by atoms with Gasteiger partial charge in [-0.05, 0) is 18.2 Å². The van der Waals surface area contributed by atoms with Crippen LogP contribution in [-0.4, -0.2) is 13.6 Å². The van der Waals surface area contributed by atoms with Crippen molar-refractivity contribution >= 4 is 5.69 Å². The first kappa shape index (κ1) is 11.2. The third-order valence-electron chi connectivity index (χ3n) is 1.39. The Balaban J connectivity index is 0.00000121. The molecule has 56 valence electrons. The van der Waals surface area contributed by atoms with Crippen LogP contribution < -0.4 is 23.8 Å². The van der Waals surface area contributed by atoms with Gasteiger partial charge in [-0.25, -0.2) is 0 Å². The molecule has 0 aliphatic heterocycles. The molecule has 2 heteroatoms. The van der Waals surface area contributed by atoms with Gasteiger partial charge in [-0.2, -0.15) is 0 Å². The van der Waals surface area contributed by atoms with Crippen molar-refractivity contribution in [2.24, 2.45) is 0 Å². The molecule has 0 aliphatic carbocycles. The molecule has 0 spiro atoms. The fourth-order valence-electron chi connectivity index (χ4n) is 0.820. The van der Waals surface area contributed by atoms with Crippen LogP contribution in [0.25, 0.3) is 0 Å². The van der Waals surface area contributed by atoms with Crippen molar-refractivity contribution < 1.29 is 18.9 Å². The van der Waals surface area contributed by atoms with Gasteiger partial charge in [-0.3, -0.25) is 6.58 Å². The molecule has 0 fully saturated rings. The zero-order valence-electron chi connectivity index (χ0n) is 7.59. The molecular formula is C10H10LiN. The predicted molar refractivity (Wildman–Crippen MR) is 46.3 cm³/mol. The maximum atomic E-state index is 3.54. The van der Waals surface area contributed by atoms with Crippen molar-refractivity contribution in [3.63, 3.8) is 0 Å². The second kappa shape index (κ2) is 5.78. The normalized spacial score (nSPS) is 7.75. The van der Waals surface area contributed by atoms with E-state index < -0.39 is 0 Å². The fraction of sp³-hybridized carbons (Fsp3) is 0.200. The van der Waals surface area contributed by atoms with Crippen molar-refractivity contribution in [2.75, 3.05) is 18.5 Å². The Kier molecular flexibility index (Phi) is 5.38. The smallest absolute Gasteiger partial charge is 0.484 e. The summed E-state index contributed by atoms with van der Waals surface area (Å²) in [5, 5.41) is 0. The minimum Gasteiger partial charge on any atom is -0.484 e. The minimum absolute atomic E-state index is 0. The summed E-state index contributed by atoms with van der Waals surface area (Å²) in [7, 11) is 1.97. The summed E-state index contributed by atoms with van der Waals surface area (Å²) >= 11 is 0.